The molecule has 68 valence electrons. The second-order valence-corrected chi connectivity index (χ2v) is 3.07. The summed E-state index contributed by atoms with van der Waals surface area (Å²) in [6.07, 6.45) is 10.7. The van der Waals surface area contributed by atoms with Crippen molar-refractivity contribution < 1.29 is 0 Å². The number of rotatable bonds is 5. The molecule has 0 amide bonds. The van der Waals surface area contributed by atoms with Crippen LogP contribution in [0.1, 0.15) is 33.6 Å². The highest BCUT2D eigenvalue weighted by Gasteiger charge is 2.02. The van der Waals surface area contributed by atoms with Crippen LogP contribution in [0.2, 0.25) is 0 Å². The van der Waals surface area contributed by atoms with Gasteiger partial charge in [0, 0.05) is 0 Å². The molecule has 0 N–H and O–H groups in total. The lowest BCUT2D eigenvalue weighted by atomic mass is 9.96. The number of allylic oxidation sites excluding steroid dienone is 5. The molecule has 0 saturated heterocycles. The highest BCUT2D eigenvalue weighted by Crippen LogP contribution is 2.17. The van der Waals surface area contributed by atoms with E-state index in [1.807, 2.05) is 12.2 Å². The highest BCUT2D eigenvalue weighted by molar-refractivity contribution is 5.22. The average molecular weight is 164 g/mol. The van der Waals surface area contributed by atoms with Crippen LogP contribution in [0, 0.1) is 5.92 Å². The van der Waals surface area contributed by atoms with Crippen LogP contribution in [-0.2, 0) is 0 Å². The van der Waals surface area contributed by atoms with Crippen LogP contribution in [0.25, 0.3) is 0 Å². The van der Waals surface area contributed by atoms with Gasteiger partial charge in [0.25, 0.3) is 0 Å². The normalized spacial score (nSPS) is 15.1. The monoisotopic (exact) mass is 164 g/mol. The van der Waals surface area contributed by atoms with E-state index in [1.54, 1.807) is 0 Å². The first-order valence-corrected chi connectivity index (χ1v) is 4.71. The smallest absolute Gasteiger partial charge is 0.0194 e. The van der Waals surface area contributed by atoms with E-state index in [2.05, 4.69) is 39.5 Å². The molecule has 0 saturated carbocycles. The molecule has 0 spiro atoms. The second-order valence-electron chi connectivity index (χ2n) is 3.07. The summed E-state index contributed by atoms with van der Waals surface area (Å²) in [5.74, 6) is 0.677. The van der Waals surface area contributed by atoms with Gasteiger partial charge in [-0.15, -0.1) is 0 Å². The zero-order chi connectivity index (χ0) is 9.40. The summed E-state index contributed by atoms with van der Waals surface area (Å²) < 4.78 is 0. The van der Waals surface area contributed by atoms with E-state index >= 15 is 0 Å². The van der Waals surface area contributed by atoms with Crippen LogP contribution in [0.5, 0.6) is 0 Å². The Morgan fingerprint density at radius 3 is 2.58 bits per heavy atom. The SMILES string of the molecule is C=C/C=C\C(=C/C)C(C)CCC. The van der Waals surface area contributed by atoms with Gasteiger partial charge in [0.1, 0.15) is 0 Å². The van der Waals surface area contributed by atoms with Crippen LogP contribution >= 0.6 is 0 Å². The van der Waals surface area contributed by atoms with Crippen molar-refractivity contribution in [1.29, 1.82) is 0 Å². The van der Waals surface area contributed by atoms with Crippen molar-refractivity contribution in [3.05, 3.63) is 36.5 Å². The van der Waals surface area contributed by atoms with Crippen LogP contribution < -0.4 is 0 Å². The van der Waals surface area contributed by atoms with Crippen molar-refractivity contribution in [3.8, 4) is 0 Å². The fourth-order valence-corrected chi connectivity index (χ4v) is 1.32. The zero-order valence-electron chi connectivity index (χ0n) is 8.51. The van der Waals surface area contributed by atoms with Gasteiger partial charge in [0.15, 0.2) is 0 Å². The predicted octanol–water partition coefficient (Wildman–Crippen LogP) is 4.11. The molecular formula is C12H20. The van der Waals surface area contributed by atoms with Gasteiger partial charge >= 0.3 is 0 Å². The third-order valence-electron chi connectivity index (χ3n) is 2.05. The minimum Gasteiger partial charge on any atom is -0.0991 e. The summed E-state index contributed by atoms with van der Waals surface area (Å²) in [7, 11) is 0. The summed E-state index contributed by atoms with van der Waals surface area (Å²) >= 11 is 0. The van der Waals surface area contributed by atoms with E-state index in [9.17, 15) is 0 Å². The molecule has 0 nitrogen and oxygen atoms in total. The lowest BCUT2D eigenvalue weighted by molar-refractivity contribution is 0.612. The molecular weight excluding hydrogens is 144 g/mol. The summed E-state index contributed by atoms with van der Waals surface area (Å²) in [5.41, 5.74) is 1.41. The van der Waals surface area contributed by atoms with Crippen molar-refractivity contribution >= 4 is 0 Å². The van der Waals surface area contributed by atoms with Gasteiger partial charge in [0.2, 0.25) is 0 Å². The molecule has 1 unspecified atom stereocenters. The lowest BCUT2D eigenvalue weighted by Gasteiger charge is -2.10. The van der Waals surface area contributed by atoms with Crippen molar-refractivity contribution in [2.75, 3.05) is 0 Å². The van der Waals surface area contributed by atoms with Crippen LogP contribution in [0.15, 0.2) is 36.5 Å². The van der Waals surface area contributed by atoms with Gasteiger partial charge in [-0.05, 0) is 24.8 Å². The maximum Gasteiger partial charge on any atom is -0.0194 e. The highest BCUT2D eigenvalue weighted by atomic mass is 14.1. The van der Waals surface area contributed by atoms with Crippen LogP contribution in [-0.4, -0.2) is 0 Å². The Balaban J connectivity index is 4.15. The zero-order valence-corrected chi connectivity index (χ0v) is 8.51. The minimum atomic E-state index is 0.677. The molecule has 0 aliphatic rings. The van der Waals surface area contributed by atoms with E-state index in [4.69, 9.17) is 0 Å². The maximum atomic E-state index is 3.66. The minimum absolute atomic E-state index is 0.677. The Bertz CT molecular complexity index is 172. The largest absolute Gasteiger partial charge is 0.0991 e. The Morgan fingerprint density at radius 2 is 2.17 bits per heavy atom. The van der Waals surface area contributed by atoms with Gasteiger partial charge < -0.3 is 0 Å². The predicted molar refractivity (Wildman–Crippen MR) is 57.2 cm³/mol. The Labute approximate surface area is 76.7 Å². The summed E-state index contributed by atoms with van der Waals surface area (Å²) in [6, 6.07) is 0. The van der Waals surface area contributed by atoms with Crippen LogP contribution in [0.3, 0.4) is 0 Å². The number of hydrogen-bond donors (Lipinski definition) is 0. The Morgan fingerprint density at radius 1 is 1.50 bits per heavy atom. The molecule has 0 aromatic rings. The molecule has 0 heterocycles. The van der Waals surface area contributed by atoms with E-state index in [0.29, 0.717) is 5.92 Å². The molecule has 0 aliphatic carbocycles. The van der Waals surface area contributed by atoms with Crippen LogP contribution in [0.4, 0.5) is 0 Å². The van der Waals surface area contributed by atoms with Gasteiger partial charge in [-0.2, -0.15) is 0 Å². The van der Waals surface area contributed by atoms with Crippen molar-refractivity contribution in [3.63, 3.8) is 0 Å². The van der Waals surface area contributed by atoms with Gasteiger partial charge in [-0.25, -0.2) is 0 Å². The fourth-order valence-electron chi connectivity index (χ4n) is 1.32. The van der Waals surface area contributed by atoms with Crippen molar-refractivity contribution in [1.82, 2.24) is 0 Å². The van der Waals surface area contributed by atoms with Gasteiger partial charge in [0.05, 0.1) is 0 Å². The standard InChI is InChI=1S/C12H20/c1-5-8-10-12(7-3)11(4)9-6-2/h5,7-8,10-11H,1,6,9H2,2-4H3/b10-8-,12-7+. The third kappa shape index (κ3) is 4.17. The Hall–Kier alpha value is -0.780. The third-order valence-corrected chi connectivity index (χ3v) is 2.05. The molecule has 1 atom stereocenters. The average Bonchev–Trinajstić information content (AvgIpc) is 2.06. The van der Waals surface area contributed by atoms with Crippen molar-refractivity contribution in [2.45, 2.75) is 33.6 Å². The molecule has 0 aromatic heterocycles. The maximum absolute atomic E-state index is 3.66. The van der Waals surface area contributed by atoms with E-state index < -0.39 is 0 Å². The first-order chi connectivity index (χ1) is 5.76. The Kier molecular flexibility index (Phi) is 6.45. The molecule has 12 heavy (non-hydrogen) atoms. The summed E-state index contributed by atoms with van der Waals surface area (Å²) in [4.78, 5) is 0. The molecule has 0 aliphatic heterocycles. The summed E-state index contributed by atoms with van der Waals surface area (Å²) in [6.45, 7) is 10.2. The molecule has 0 heteroatoms. The topological polar surface area (TPSA) is 0 Å². The van der Waals surface area contributed by atoms with E-state index in [0.717, 1.165) is 0 Å². The number of hydrogen-bond acceptors (Lipinski definition) is 0. The second kappa shape index (κ2) is 6.90. The molecule has 0 fully saturated rings. The van der Waals surface area contributed by atoms with Crippen molar-refractivity contribution in [2.24, 2.45) is 5.92 Å². The van der Waals surface area contributed by atoms with E-state index in [-0.39, 0.29) is 0 Å². The molecule has 0 aromatic carbocycles. The van der Waals surface area contributed by atoms with Gasteiger partial charge in [-0.3, -0.25) is 0 Å². The van der Waals surface area contributed by atoms with Gasteiger partial charge in [-0.1, -0.05) is 51.2 Å². The first-order valence-electron chi connectivity index (χ1n) is 4.71. The fraction of sp³-hybridized carbons (Fsp3) is 0.500. The molecule has 0 bridgehead atoms. The molecule has 0 rings (SSSR count). The quantitative estimate of drug-likeness (QED) is 0.536. The molecule has 0 radical (unpaired) electrons. The van der Waals surface area contributed by atoms with E-state index in [1.165, 1.54) is 18.4 Å². The summed E-state index contributed by atoms with van der Waals surface area (Å²) in [5, 5.41) is 0. The first kappa shape index (κ1) is 11.2. The lowest BCUT2D eigenvalue weighted by Crippen LogP contribution is -1.95.